The molecule has 2 rings (SSSR count). The van der Waals surface area contributed by atoms with E-state index < -0.39 is 0 Å². The summed E-state index contributed by atoms with van der Waals surface area (Å²) in [6, 6.07) is 5.22. The highest BCUT2D eigenvalue weighted by molar-refractivity contribution is 5.94. The summed E-state index contributed by atoms with van der Waals surface area (Å²) in [5.41, 5.74) is 6.98. The summed E-state index contributed by atoms with van der Waals surface area (Å²) in [5.74, 6) is 1.30. The van der Waals surface area contributed by atoms with Crippen molar-refractivity contribution in [2.75, 3.05) is 38.3 Å². The van der Waals surface area contributed by atoms with Gasteiger partial charge in [0.15, 0.2) is 0 Å². The van der Waals surface area contributed by atoms with Crippen LogP contribution in [0.3, 0.4) is 0 Å². The fourth-order valence-corrected chi connectivity index (χ4v) is 2.94. The van der Waals surface area contributed by atoms with Crippen LogP contribution in [0.25, 0.3) is 0 Å². The molecule has 0 bridgehead atoms. The van der Waals surface area contributed by atoms with Gasteiger partial charge in [0.1, 0.15) is 5.75 Å². The molecule has 0 spiro atoms. The Morgan fingerprint density at radius 1 is 1.43 bits per heavy atom. The van der Waals surface area contributed by atoms with Gasteiger partial charge in [-0.05, 0) is 37.9 Å². The summed E-state index contributed by atoms with van der Waals surface area (Å²) in [7, 11) is 3.56. The number of rotatable bonds is 6. The minimum atomic E-state index is -0.0291. The van der Waals surface area contributed by atoms with Crippen LogP contribution in [-0.2, 0) is 4.79 Å². The maximum atomic E-state index is 12.1. The van der Waals surface area contributed by atoms with E-state index in [4.69, 9.17) is 10.5 Å². The third kappa shape index (κ3) is 4.63. The number of methoxy groups -OCH3 is 1. The van der Waals surface area contributed by atoms with E-state index in [1.807, 2.05) is 7.05 Å². The van der Waals surface area contributed by atoms with Crippen LogP contribution < -0.4 is 15.8 Å². The lowest BCUT2D eigenvalue weighted by atomic mass is 10.1. The SMILES string of the molecule is COc1cc(N)ccc1NC(=O)CN(C)CC1CCCC1. The Morgan fingerprint density at radius 2 is 2.14 bits per heavy atom. The van der Waals surface area contributed by atoms with Gasteiger partial charge in [-0.2, -0.15) is 0 Å². The molecule has 0 unspecified atom stereocenters. The normalized spacial score (nSPS) is 15.4. The molecule has 5 heteroatoms. The summed E-state index contributed by atoms with van der Waals surface area (Å²) in [4.78, 5) is 14.2. The predicted molar refractivity (Wildman–Crippen MR) is 85.5 cm³/mol. The molecule has 1 aromatic carbocycles. The highest BCUT2D eigenvalue weighted by atomic mass is 16.5. The lowest BCUT2D eigenvalue weighted by molar-refractivity contribution is -0.117. The molecular weight excluding hydrogens is 266 g/mol. The standard InChI is InChI=1S/C16H25N3O2/c1-19(10-12-5-3-4-6-12)11-16(20)18-14-8-7-13(17)9-15(14)21-2/h7-9,12H,3-6,10-11,17H2,1-2H3,(H,18,20). The number of ether oxygens (including phenoxy) is 1. The number of nitrogens with one attached hydrogen (secondary N) is 1. The number of anilines is 2. The van der Waals surface area contributed by atoms with Crippen molar-refractivity contribution < 1.29 is 9.53 Å². The Bertz CT molecular complexity index is 484. The van der Waals surface area contributed by atoms with Gasteiger partial charge in [0.2, 0.25) is 5.91 Å². The van der Waals surface area contributed by atoms with Crippen molar-refractivity contribution in [2.45, 2.75) is 25.7 Å². The first-order valence-electron chi connectivity index (χ1n) is 7.50. The van der Waals surface area contributed by atoms with E-state index in [1.54, 1.807) is 25.3 Å². The zero-order chi connectivity index (χ0) is 15.2. The molecule has 0 heterocycles. The van der Waals surface area contributed by atoms with Gasteiger partial charge >= 0.3 is 0 Å². The highest BCUT2D eigenvalue weighted by Gasteiger charge is 2.18. The number of hydrogen-bond donors (Lipinski definition) is 2. The number of nitrogens with two attached hydrogens (primary N) is 1. The summed E-state index contributed by atoms with van der Waals surface area (Å²) >= 11 is 0. The van der Waals surface area contributed by atoms with Crippen molar-refractivity contribution in [3.8, 4) is 5.75 Å². The van der Waals surface area contributed by atoms with Gasteiger partial charge in [0.05, 0.1) is 19.3 Å². The summed E-state index contributed by atoms with van der Waals surface area (Å²) in [5, 5.41) is 2.88. The average molecular weight is 291 g/mol. The van der Waals surface area contributed by atoms with Crippen molar-refractivity contribution in [2.24, 2.45) is 5.92 Å². The molecule has 1 aliphatic rings. The molecule has 1 aliphatic carbocycles. The fraction of sp³-hybridized carbons (Fsp3) is 0.562. The number of amides is 1. The van der Waals surface area contributed by atoms with Crippen LogP contribution >= 0.6 is 0 Å². The van der Waals surface area contributed by atoms with Crippen LogP contribution in [-0.4, -0.2) is 38.1 Å². The molecule has 1 saturated carbocycles. The quantitative estimate of drug-likeness (QED) is 0.789. The molecule has 0 atom stereocenters. The molecule has 0 radical (unpaired) electrons. The second-order valence-electron chi connectivity index (χ2n) is 5.86. The van der Waals surface area contributed by atoms with Gasteiger partial charge in [0, 0.05) is 18.3 Å². The zero-order valence-electron chi connectivity index (χ0n) is 12.9. The van der Waals surface area contributed by atoms with Gasteiger partial charge in [-0.3, -0.25) is 9.69 Å². The lowest BCUT2D eigenvalue weighted by Gasteiger charge is -2.20. The van der Waals surface area contributed by atoms with Gasteiger partial charge in [-0.15, -0.1) is 0 Å². The molecule has 1 aromatic rings. The van der Waals surface area contributed by atoms with Gasteiger partial charge in [-0.1, -0.05) is 12.8 Å². The third-order valence-electron chi connectivity index (χ3n) is 3.96. The maximum Gasteiger partial charge on any atom is 0.238 e. The topological polar surface area (TPSA) is 67.6 Å². The van der Waals surface area contributed by atoms with Crippen molar-refractivity contribution >= 4 is 17.3 Å². The Morgan fingerprint density at radius 3 is 2.81 bits per heavy atom. The van der Waals surface area contributed by atoms with Crippen LogP contribution in [0.5, 0.6) is 5.75 Å². The molecule has 1 amide bonds. The first-order valence-corrected chi connectivity index (χ1v) is 7.50. The number of carbonyl (C=O) groups is 1. The molecule has 0 aliphatic heterocycles. The van der Waals surface area contributed by atoms with E-state index in [9.17, 15) is 4.79 Å². The molecule has 1 fully saturated rings. The van der Waals surface area contributed by atoms with E-state index in [2.05, 4.69) is 10.2 Å². The van der Waals surface area contributed by atoms with E-state index in [0.29, 0.717) is 23.7 Å². The summed E-state index contributed by atoms with van der Waals surface area (Å²) in [6.07, 6.45) is 5.23. The van der Waals surface area contributed by atoms with Crippen molar-refractivity contribution in [1.82, 2.24) is 4.90 Å². The van der Waals surface area contributed by atoms with Gasteiger partial charge in [-0.25, -0.2) is 0 Å². The summed E-state index contributed by atoms with van der Waals surface area (Å²) in [6.45, 7) is 1.39. The predicted octanol–water partition coefficient (Wildman–Crippen LogP) is 2.34. The Kier molecular flexibility index (Phi) is 5.44. The van der Waals surface area contributed by atoms with Crippen molar-refractivity contribution in [3.63, 3.8) is 0 Å². The molecule has 21 heavy (non-hydrogen) atoms. The van der Waals surface area contributed by atoms with Crippen LogP contribution in [0, 0.1) is 5.92 Å². The van der Waals surface area contributed by atoms with Gasteiger partial charge < -0.3 is 15.8 Å². The number of carbonyl (C=O) groups excluding carboxylic acids is 1. The largest absolute Gasteiger partial charge is 0.494 e. The smallest absolute Gasteiger partial charge is 0.238 e. The molecular formula is C16H25N3O2. The van der Waals surface area contributed by atoms with Crippen LogP contribution in [0.1, 0.15) is 25.7 Å². The van der Waals surface area contributed by atoms with E-state index in [-0.39, 0.29) is 5.91 Å². The number of benzene rings is 1. The third-order valence-corrected chi connectivity index (χ3v) is 3.96. The number of nitrogen functional groups attached to an aromatic ring is 1. The highest BCUT2D eigenvalue weighted by Crippen LogP contribution is 2.27. The number of nitrogens with zero attached hydrogens (tertiary/aromatic N) is 1. The molecule has 0 aromatic heterocycles. The number of likely N-dealkylation sites (N-methyl/N-ethyl adjacent to an activating group) is 1. The van der Waals surface area contributed by atoms with Crippen molar-refractivity contribution in [1.29, 1.82) is 0 Å². The van der Waals surface area contributed by atoms with Crippen molar-refractivity contribution in [3.05, 3.63) is 18.2 Å². The minimum absolute atomic E-state index is 0.0291. The fourth-order valence-electron chi connectivity index (χ4n) is 2.94. The Hall–Kier alpha value is -1.75. The second-order valence-corrected chi connectivity index (χ2v) is 5.86. The first-order chi connectivity index (χ1) is 10.1. The van der Waals surface area contributed by atoms with E-state index in [1.165, 1.54) is 25.7 Å². The maximum absolute atomic E-state index is 12.1. The molecule has 0 saturated heterocycles. The number of hydrogen-bond acceptors (Lipinski definition) is 4. The van der Waals surface area contributed by atoms with E-state index in [0.717, 1.165) is 12.5 Å². The van der Waals surface area contributed by atoms with Crippen LogP contribution in [0.2, 0.25) is 0 Å². The minimum Gasteiger partial charge on any atom is -0.494 e. The van der Waals surface area contributed by atoms with Gasteiger partial charge in [0.25, 0.3) is 0 Å². The van der Waals surface area contributed by atoms with Crippen LogP contribution in [0.15, 0.2) is 18.2 Å². The monoisotopic (exact) mass is 291 g/mol. The molecule has 5 nitrogen and oxygen atoms in total. The Labute approximate surface area is 126 Å². The summed E-state index contributed by atoms with van der Waals surface area (Å²) < 4.78 is 5.23. The lowest BCUT2D eigenvalue weighted by Crippen LogP contribution is -2.33. The first kappa shape index (κ1) is 15.6. The Balaban J connectivity index is 1.86. The zero-order valence-corrected chi connectivity index (χ0v) is 12.9. The molecule has 116 valence electrons. The second kappa shape index (κ2) is 7.31. The van der Waals surface area contributed by atoms with Crippen LogP contribution in [0.4, 0.5) is 11.4 Å². The average Bonchev–Trinajstić information content (AvgIpc) is 2.93. The molecule has 3 N–H and O–H groups in total. The van der Waals surface area contributed by atoms with E-state index >= 15 is 0 Å².